The average molecular weight is 215 g/mol. The molecule has 0 atom stereocenters. The number of nitrogens with two attached hydrogens (primary N) is 1. The van der Waals surface area contributed by atoms with Gasteiger partial charge in [-0.25, -0.2) is 9.97 Å². The molecule has 2 N–H and O–H groups in total. The van der Waals surface area contributed by atoms with Crippen LogP contribution in [0.1, 0.15) is 24.1 Å². The monoisotopic (exact) mass is 215 g/mol. The molecule has 16 heavy (non-hydrogen) atoms. The van der Waals surface area contributed by atoms with Gasteiger partial charge in [-0.15, -0.1) is 6.58 Å². The van der Waals surface area contributed by atoms with E-state index in [-0.39, 0.29) is 5.95 Å². The highest BCUT2D eigenvalue weighted by Crippen LogP contribution is 2.18. The van der Waals surface area contributed by atoms with Crippen molar-refractivity contribution in [1.29, 1.82) is 0 Å². The fraction of sp³-hybridized carbons (Fsp3) is 0.231. The molecular formula is C13H17N3. The van der Waals surface area contributed by atoms with Gasteiger partial charge in [-0.3, -0.25) is 0 Å². The number of aryl methyl sites for hydroxylation is 1. The highest BCUT2D eigenvalue weighted by Gasteiger charge is 2.07. The van der Waals surface area contributed by atoms with Crippen molar-refractivity contribution in [3.8, 4) is 0 Å². The van der Waals surface area contributed by atoms with Gasteiger partial charge in [0.1, 0.15) is 0 Å². The van der Waals surface area contributed by atoms with E-state index in [0.29, 0.717) is 0 Å². The topological polar surface area (TPSA) is 51.8 Å². The summed E-state index contributed by atoms with van der Waals surface area (Å²) in [4.78, 5) is 8.19. The van der Waals surface area contributed by atoms with Crippen molar-refractivity contribution in [3.63, 3.8) is 0 Å². The smallest absolute Gasteiger partial charge is 0.220 e. The van der Waals surface area contributed by atoms with Gasteiger partial charge in [-0.05, 0) is 30.4 Å². The molecular weight excluding hydrogens is 198 g/mol. The van der Waals surface area contributed by atoms with Gasteiger partial charge in [0, 0.05) is 6.20 Å². The second kappa shape index (κ2) is 5.85. The number of rotatable bonds is 6. The summed E-state index contributed by atoms with van der Waals surface area (Å²) in [6.45, 7) is 11.3. The van der Waals surface area contributed by atoms with Crippen LogP contribution in [0.3, 0.4) is 0 Å². The maximum atomic E-state index is 5.56. The SMILES string of the molecule is C=CCCCc1cnc(N)nc1C(=C)C=C. The van der Waals surface area contributed by atoms with Crippen molar-refractivity contribution in [2.75, 3.05) is 5.73 Å². The van der Waals surface area contributed by atoms with Crippen molar-refractivity contribution in [1.82, 2.24) is 9.97 Å². The number of hydrogen-bond acceptors (Lipinski definition) is 3. The molecule has 0 radical (unpaired) electrons. The highest BCUT2D eigenvalue weighted by atomic mass is 15.0. The molecule has 1 heterocycles. The van der Waals surface area contributed by atoms with Crippen molar-refractivity contribution in [3.05, 3.63) is 49.3 Å². The molecule has 0 saturated heterocycles. The minimum absolute atomic E-state index is 0.269. The van der Waals surface area contributed by atoms with Crippen LogP contribution >= 0.6 is 0 Å². The number of aromatic nitrogens is 2. The fourth-order valence-corrected chi connectivity index (χ4v) is 1.41. The lowest BCUT2D eigenvalue weighted by Gasteiger charge is -2.08. The van der Waals surface area contributed by atoms with Crippen LogP contribution in [0.25, 0.3) is 5.57 Å². The third-order valence-corrected chi connectivity index (χ3v) is 2.29. The summed E-state index contributed by atoms with van der Waals surface area (Å²) >= 11 is 0. The Balaban J connectivity index is 2.93. The summed E-state index contributed by atoms with van der Waals surface area (Å²) < 4.78 is 0. The lowest BCUT2D eigenvalue weighted by Crippen LogP contribution is -2.02. The van der Waals surface area contributed by atoms with Gasteiger partial charge in [-0.1, -0.05) is 25.3 Å². The summed E-state index contributed by atoms with van der Waals surface area (Å²) in [6, 6.07) is 0. The molecule has 0 bridgehead atoms. The normalized spacial score (nSPS) is 9.75. The van der Waals surface area contributed by atoms with E-state index >= 15 is 0 Å². The molecule has 0 aromatic carbocycles. The van der Waals surface area contributed by atoms with Gasteiger partial charge < -0.3 is 5.73 Å². The van der Waals surface area contributed by atoms with Crippen LogP contribution in [-0.2, 0) is 6.42 Å². The minimum atomic E-state index is 0.269. The zero-order valence-corrected chi connectivity index (χ0v) is 9.45. The number of allylic oxidation sites excluding steroid dienone is 3. The molecule has 0 aliphatic carbocycles. The van der Waals surface area contributed by atoms with Crippen LogP contribution in [0.5, 0.6) is 0 Å². The first-order valence-electron chi connectivity index (χ1n) is 5.23. The number of anilines is 1. The number of unbranched alkanes of at least 4 members (excludes halogenated alkanes) is 1. The molecule has 0 aliphatic heterocycles. The first-order valence-corrected chi connectivity index (χ1v) is 5.23. The Bertz CT molecular complexity index is 408. The number of nitrogens with zero attached hydrogens (tertiary/aromatic N) is 2. The third-order valence-electron chi connectivity index (χ3n) is 2.29. The maximum Gasteiger partial charge on any atom is 0.220 e. The van der Waals surface area contributed by atoms with Crippen LogP contribution < -0.4 is 5.73 Å². The lowest BCUT2D eigenvalue weighted by molar-refractivity contribution is 0.831. The van der Waals surface area contributed by atoms with E-state index in [9.17, 15) is 0 Å². The second-order valence-corrected chi connectivity index (χ2v) is 3.51. The Morgan fingerprint density at radius 3 is 2.81 bits per heavy atom. The lowest BCUT2D eigenvalue weighted by atomic mass is 10.0. The number of hydrogen-bond donors (Lipinski definition) is 1. The van der Waals surface area contributed by atoms with Crippen LogP contribution in [0, 0.1) is 0 Å². The zero-order chi connectivity index (χ0) is 12.0. The predicted molar refractivity (Wildman–Crippen MR) is 68.8 cm³/mol. The molecule has 0 unspecified atom stereocenters. The Kier molecular flexibility index (Phi) is 4.45. The quantitative estimate of drug-likeness (QED) is 0.451. The standard InChI is InChI=1S/C13H17N3/c1-4-6-7-8-11-9-15-13(14)16-12(11)10(3)5-2/h4-5,9H,1-3,6-8H2,(H2,14,15,16). The fourth-order valence-electron chi connectivity index (χ4n) is 1.41. The Hall–Kier alpha value is -1.90. The maximum absolute atomic E-state index is 5.56. The summed E-state index contributed by atoms with van der Waals surface area (Å²) in [7, 11) is 0. The average Bonchev–Trinajstić information content (AvgIpc) is 2.30. The molecule has 0 spiro atoms. The molecule has 1 aromatic heterocycles. The number of nitrogen functional groups attached to an aromatic ring is 1. The predicted octanol–water partition coefficient (Wildman–Crippen LogP) is 2.77. The first kappa shape index (κ1) is 12.2. The molecule has 0 amide bonds. The summed E-state index contributed by atoms with van der Waals surface area (Å²) in [5.74, 6) is 0.269. The van der Waals surface area contributed by atoms with E-state index in [0.717, 1.165) is 36.1 Å². The van der Waals surface area contributed by atoms with E-state index in [1.165, 1.54) is 0 Å². The third kappa shape index (κ3) is 3.05. The second-order valence-electron chi connectivity index (χ2n) is 3.51. The van der Waals surface area contributed by atoms with E-state index in [1.54, 1.807) is 12.3 Å². The van der Waals surface area contributed by atoms with Crippen LogP contribution in [-0.4, -0.2) is 9.97 Å². The van der Waals surface area contributed by atoms with Gasteiger partial charge in [0.25, 0.3) is 0 Å². The molecule has 0 aliphatic rings. The first-order chi connectivity index (χ1) is 7.69. The molecule has 1 rings (SSSR count). The van der Waals surface area contributed by atoms with Crippen LogP contribution in [0.15, 0.2) is 38.1 Å². The zero-order valence-electron chi connectivity index (χ0n) is 9.45. The molecule has 84 valence electrons. The van der Waals surface area contributed by atoms with Gasteiger partial charge in [0.05, 0.1) is 5.69 Å². The molecule has 0 fully saturated rings. The summed E-state index contributed by atoms with van der Waals surface area (Å²) in [5.41, 5.74) is 8.20. The van der Waals surface area contributed by atoms with E-state index < -0.39 is 0 Å². The van der Waals surface area contributed by atoms with Crippen molar-refractivity contribution in [2.45, 2.75) is 19.3 Å². The van der Waals surface area contributed by atoms with E-state index in [2.05, 4.69) is 29.7 Å². The molecule has 3 nitrogen and oxygen atoms in total. The highest BCUT2D eigenvalue weighted by molar-refractivity contribution is 5.71. The van der Waals surface area contributed by atoms with E-state index in [4.69, 9.17) is 5.73 Å². The van der Waals surface area contributed by atoms with Crippen molar-refractivity contribution < 1.29 is 0 Å². The van der Waals surface area contributed by atoms with E-state index in [1.807, 2.05) is 6.08 Å². The van der Waals surface area contributed by atoms with Gasteiger partial charge in [0.2, 0.25) is 5.95 Å². The molecule has 1 aromatic rings. The summed E-state index contributed by atoms with van der Waals surface area (Å²) in [5, 5.41) is 0. The van der Waals surface area contributed by atoms with Crippen LogP contribution in [0.4, 0.5) is 5.95 Å². The molecule has 0 saturated carbocycles. The Labute approximate surface area is 96.4 Å². The van der Waals surface area contributed by atoms with Gasteiger partial charge in [0.15, 0.2) is 0 Å². The van der Waals surface area contributed by atoms with Gasteiger partial charge >= 0.3 is 0 Å². The molecule has 3 heteroatoms. The van der Waals surface area contributed by atoms with Gasteiger partial charge in [-0.2, -0.15) is 0 Å². The Morgan fingerprint density at radius 1 is 1.44 bits per heavy atom. The van der Waals surface area contributed by atoms with Crippen molar-refractivity contribution in [2.24, 2.45) is 0 Å². The summed E-state index contributed by atoms with van der Waals surface area (Å²) in [6.07, 6.45) is 8.24. The minimum Gasteiger partial charge on any atom is -0.368 e. The Morgan fingerprint density at radius 2 is 2.19 bits per heavy atom. The largest absolute Gasteiger partial charge is 0.368 e. The van der Waals surface area contributed by atoms with Crippen LogP contribution in [0.2, 0.25) is 0 Å². The van der Waals surface area contributed by atoms with Crippen molar-refractivity contribution >= 4 is 11.5 Å².